The highest BCUT2D eigenvalue weighted by atomic mass is 35.5. The van der Waals surface area contributed by atoms with Crippen LogP contribution in [0.15, 0.2) is 6.07 Å². The summed E-state index contributed by atoms with van der Waals surface area (Å²) in [6, 6.07) is 1.51. The molecule has 0 saturated carbocycles. The molecule has 72 valence electrons. The standard InChI is InChI=1S/C8H9Cl2NO2/c1-12-7-5(10)3-4(9)6(11)8(7)13-2/h3H,11H2,1-2H3. The van der Waals surface area contributed by atoms with Crippen molar-refractivity contribution in [3.63, 3.8) is 0 Å². The third kappa shape index (κ3) is 1.76. The zero-order chi connectivity index (χ0) is 10.0. The van der Waals surface area contributed by atoms with Crippen LogP contribution in [0.5, 0.6) is 11.5 Å². The van der Waals surface area contributed by atoms with Crippen molar-refractivity contribution >= 4 is 28.9 Å². The van der Waals surface area contributed by atoms with Crippen molar-refractivity contribution in [3.8, 4) is 11.5 Å². The fraction of sp³-hybridized carbons (Fsp3) is 0.250. The minimum atomic E-state index is 0.324. The maximum Gasteiger partial charge on any atom is 0.186 e. The van der Waals surface area contributed by atoms with Crippen LogP contribution in [-0.4, -0.2) is 14.2 Å². The topological polar surface area (TPSA) is 44.5 Å². The van der Waals surface area contributed by atoms with Gasteiger partial charge in [0.1, 0.15) is 0 Å². The number of nitrogens with two attached hydrogens (primary N) is 1. The van der Waals surface area contributed by atoms with Gasteiger partial charge >= 0.3 is 0 Å². The maximum absolute atomic E-state index is 5.84. The monoisotopic (exact) mass is 221 g/mol. The summed E-state index contributed by atoms with van der Waals surface area (Å²) in [7, 11) is 2.96. The van der Waals surface area contributed by atoms with Gasteiger partial charge in [0.15, 0.2) is 11.5 Å². The van der Waals surface area contributed by atoms with Crippen LogP contribution in [0.2, 0.25) is 10.0 Å². The molecule has 0 aliphatic rings. The fourth-order valence-corrected chi connectivity index (χ4v) is 1.51. The van der Waals surface area contributed by atoms with Gasteiger partial charge in [0.05, 0.1) is 30.0 Å². The first-order chi connectivity index (χ1) is 6.11. The third-order valence-corrected chi connectivity index (χ3v) is 2.18. The largest absolute Gasteiger partial charge is 0.491 e. The molecule has 0 aliphatic heterocycles. The normalized spacial score (nSPS) is 9.85. The Bertz CT molecular complexity index is 328. The fourth-order valence-electron chi connectivity index (χ4n) is 0.987. The van der Waals surface area contributed by atoms with E-state index in [4.69, 9.17) is 38.4 Å². The highest BCUT2D eigenvalue weighted by molar-refractivity contribution is 6.37. The summed E-state index contributed by atoms with van der Waals surface area (Å²) < 4.78 is 10.0. The molecule has 1 aromatic rings. The van der Waals surface area contributed by atoms with Crippen molar-refractivity contribution in [2.75, 3.05) is 20.0 Å². The van der Waals surface area contributed by atoms with E-state index in [1.807, 2.05) is 0 Å². The molecule has 0 aliphatic carbocycles. The van der Waals surface area contributed by atoms with E-state index in [0.29, 0.717) is 27.2 Å². The van der Waals surface area contributed by atoms with Gasteiger partial charge < -0.3 is 15.2 Å². The second-order valence-corrected chi connectivity index (χ2v) is 3.13. The number of rotatable bonds is 2. The smallest absolute Gasteiger partial charge is 0.186 e. The highest BCUT2D eigenvalue weighted by Crippen LogP contribution is 2.43. The van der Waals surface area contributed by atoms with Crippen LogP contribution < -0.4 is 15.2 Å². The van der Waals surface area contributed by atoms with Crippen molar-refractivity contribution in [3.05, 3.63) is 16.1 Å². The lowest BCUT2D eigenvalue weighted by atomic mass is 10.2. The Morgan fingerprint density at radius 3 is 2.08 bits per heavy atom. The Labute approximate surface area is 86.3 Å². The van der Waals surface area contributed by atoms with E-state index in [1.165, 1.54) is 20.3 Å². The minimum Gasteiger partial charge on any atom is -0.491 e. The van der Waals surface area contributed by atoms with E-state index < -0.39 is 0 Å². The quantitative estimate of drug-likeness (QED) is 0.782. The molecule has 1 aromatic carbocycles. The van der Waals surface area contributed by atoms with Crippen molar-refractivity contribution in [1.29, 1.82) is 0 Å². The Balaban J connectivity index is 3.41. The van der Waals surface area contributed by atoms with Gasteiger partial charge in [-0.25, -0.2) is 0 Å². The molecular formula is C8H9Cl2NO2. The Morgan fingerprint density at radius 2 is 1.62 bits per heavy atom. The van der Waals surface area contributed by atoms with E-state index in [0.717, 1.165) is 0 Å². The van der Waals surface area contributed by atoms with Gasteiger partial charge in [-0.15, -0.1) is 0 Å². The molecular weight excluding hydrogens is 213 g/mol. The van der Waals surface area contributed by atoms with E-state index in [2.05, 4.69) is 0 Å². The number of hydrogen-bond acceptors (Lipinski definition) is 3. The van der Waals surface area contributed by atoms with Crippen molar-refractivity contribution in [2.24, 2.45) is 0 Å². The second kappa shape index (κ2) is 3.94. The molecule has 0 radical (unpaired) electrons. The molecule has 2 N–H and O–H groups in total. The van der Waals surface area contributed by atoms with Gasteiger partial charge in [-0.1, -0.05) is 23.2 Å². The number of benzene rings is 1. The molecule has 0 fully saturated rings. The molecule has 0 unspecified atom stereocenters. The molecule has 0 bridgehead atoms. The van der Waals surface area contributed by atoms with Crippen LogP contribution in [0, 0.1) is 0 Å². The molecule has 0 spiro atoms. The van der Waals surface area contributed by atoms with Crippen LogP contribution in [0.4, 0.5) is 5.69 Å². The average Bonchev–Trinajstić information content (AvgIpc) is 2.10. The van der Waals surface area contributed by atoms with E-state index in [-0.39, 0.29) is 0 Å². The summed E-state index contributed by atoms with van der Waals surface area (Å²) in [5.41, 5.74) is 5.97. The van der Waals surface area contributed by atoms with Crippen LogP contribution in [0.25, 0.3) is 0 Å². The SMILES string of the molecule is COc1c(Cl)cc(Cl)c(N)c1OC. The molecule has 0 amide bonds. The summed E-state index contributed by atoms with van der Waals surface area (Å²) in [6.07, 6.45) is 0. The van der Waals surface area contributed by atoms with Crippen LogP contribution in [0.1, 0.15) is 0 Å². The summed E-state index contributed by atoms with van der Waals surface area (Å²) >= 11 is 11.6. The Hall–Kier alpha value is -0.800. The Morgan fingerprint density at radius 1 is 1.08 bits per heavy atom. The molecule has 0 heterocycles. The maximum atomic E-state index is 5.84. The highest BCUT2D eigenvalue weighted by Gasteiger charge is 2.15. The Kier molecular flexibility index (Phi) is 3.12. The van der Waals surface area contributed by atoms with E-state index in [1.54, 1.807) is 0 Å². The molecule has 5 heteroatoms. The summed E-state index contributed by atoms with van der Waals surface area (Å²) in [5.74, 6) is 0.756. The predicted molar refractivity (Wildman–Crippen MR) is 54.0 cm³/mol. The van der Waals surface area contributed by atoms with Gasteiger partial charge in [0, 0.05) is 0 Å². The van der Waals surface area contributed by atoms with E-state index >= 15 is 0 Å². The van der Waals surface area contributed by atoms with Crippen molar-refractivity contribution < 1.29 is 9.47 Å². The first kappa shape index (κ1) is 10.3. The van der Waals surface area contributed by atoms with Gasteiger partial charge in [0.2, 0.25) is 0 Å². The predicted octanol–water partition coefficient (Wildman–Crippen LogP) is 2.59. The number of hydrogen-bond donors (Lipinski definition) is 1. The summed E-state index contributed by atoms with van der Waals surface area (Å²) in [5, 5.41) is 0.723. The third-order valence-electron chi connectivity index (χ3n) is 1.59. The van der Waals surface area contributed by atoms with Gasteiger partial charge in [-0.2, -0.15) is 0 Å². The lowest BCUT2D eigenvalue weighted by Gasteiger charge is -2.12. The first-order valence-electron chi connectivity index (χ1n) is 3.47. The van der Waals surface area contributed by atoms with Crippen LogP contribution in [0.3, 0.4) is 0 Å². The summed E-state index contributed by atoms with van der Waals surface area (Å²) in [6.45, 7) is 0. The van der Waals surface area contributed by atoms with Crippen LogP contribution >= 0.6 is 23.2 Å². The lowest BCUT2D eigenvalue weighted by Crippen LogP contribution is -1.97. The molecule has 0 saturated heterocycles. The zero-order valence-electron chi connectivity index (χ0n) is 7.23. The molecule has 1 rings (SSSR count). The minimum absolute atomic E-state index is 0.324. The first-order valence-corrected chi connectivity index (χ1v) is 4.22. The number of nitrogen functional groups attached to an aromatic ring is 1. The van der Waals surface area contributed by atoms with Gasteiger partial charge in [-0.3, -0.25) is 0 Å². The average molecular weight is 222 g/mol. The summed E-state index contributed by atoms with van der Waals surface area (Å²) in [4.78, 5) is 0. The van der Waals surface area contributed by atoms with Crippen molar-refractivity contribution in [2.45, 2.75) is 0 Å². The molecule has 0 aromatic heterocycles. The lowest BCUT2D eigenvalue weighted by molar-refractivity contribution is 0.357. The van der Waals surface area contributed by atoms with E-state index in [9.17, 15) is 0 Å². The number of halogens is 2. The zero-order valence-corrected chi connectivity index (χ0v) is 8.74. The molecule has 3 nitrogen and oxygen atoms in total. The number of methoxy groups -OCH3 is 2. The number of ether oxygens (including phenoxy) is 2. The molecule has 13 heavy (non-hydrogen) atoms. The van der Waals surface area contributed by atoms with Crippen molar-refractivity contribution in [1.82, 2.24) is 0 Å². The van der Waals surface area contributed by atoms with Gasteiger partial charge in [0.25, 0.3) is 0 Å². The van der Waals surface area contributed by atoms with Crippen LogP contribution in [-0.2, 0) is 0 Å². The van der Waals surface area contributed by atoms with Gasteiger partial charge in [-0.05, 0) is 6.07 Å². The number of anilines is 1. The molecule has 0 atom stereocenters. The second-order valence-electron chi connectivity index (χ2n) is 2.32.